The first kappa shape index (κ1) is 23.4. The van der Waals surface area contributed by atoms with Gasteiger partial charge in [-0.2, -0.15) is 0 Å². The first-order chi connectivity index (χ1) is 12.9. The minimum atomic E-state index is -1.84. The molecule has 1 aromatic heterocycles. The van der Waals surface area contributed by atoms with E-state index in [1.54, 1.807) is 12.3 Å². The summed E-state index contributed by atoms with van der Waals surface area (Å²) in [6, 6.07) is -0.0212. The Labute approximate surface area is 177 Å². The quantitative estimate of drug-likeness (QED) is 0.609. The number of carbonyl (C=O) groups is 2. The van der Waals surface area contributed by atoms with Gasteiger partial charge in [0.05, 0.1) is 12.6 Å². The lowest BCUT2D eigenvalue weighted by Gasteiger charge is -2.37. The van der Waals surface area contributed by atoms with Crippen molar-refractivity contribution >= 4 is 47.6 Å². The molecule has 0 radical (unpaired) electrons. The minimum Gasteiger partial charge on any atom is -0.415 e. The van der Waals surface area contributed by atoms with Gasteiger partial charge in [0.25, 0.3) is 5.91 Å². The van der Waals surface area contributed by atoms with Crippen molar-refractivity contribution in [2.75, 3.05) is 24.6 Å². The molecule has 1 aliphatic rings. The van der Waals surface area contributed by atoms with E-state index in [1.165, 1.54) is 23.1 Å². The monoisotopic (exact) mass is 443 g/mol. The van der Waals surface area contributed by atoms with Crippen LogP contribution >= 0.6 is 23.1 Å². The standard InChI is InChI=1S/C19H33N3O3S2Si/c1-8-14(11-25-28(6,7)19(3,4)5)20-17(24)16-12-26-18(21-16)22-9-15(10-22)27-13(2)23/h12,14-15H,8-11H2,1-7H3,(H,20,24). The van der Waals surface area contributed by atoms with Crippen LogP contribution in [0.1, 0.15) is 51.5 Å². The molecule has 2 heterocycles. The van der Waals surface area contributed by atoms with Gasteiger partial charge in [-0.05, 0) is 24.6 Å². The number of aromatic nitrogens is 1. The van der Waals surface area contributed by atoms with Crippen molar-refractivity contribution in [1.82, 2.24) is 10.3 Å². The number of anilines is 1. The van der Waals surface area contributed by atoms with E-state index in [9.17, 15) is 9.59 Å². The average molecular weight is 444 g/mol. The molecule has 1 aliphatic heterocycles. The third-order valence-corrected chi connectivity index (χ3v) is 11.8. The summed E-state index contributed by atoms with van der Waals surface area (Å²) in [4.78, 5) is 30.4. The summed E-state index contributed by atoms with van der Waals surface area (Å²) in [5.74, 6) is -0.150. The van der Waals surface area contributed by atoms with Crippen molar-refractivity contribution < 1.29 is 14.0 Å². The summed E-state index contributed by atoms with van der Waals surface area (Å²) in [5, 5.41) is 6.34. The number of amides is 1. The van der Waals surface area contributed by atoms with E-state index in [4.69, 9.17) is 4.43 Å². The van der Waals surface area contributed by atoms with Crippen LogP contribution in [-0.4, -0.2) is 55.3 Å². The molecule has 28 heavy (non-hydrogen) atoms. The second-order valence-electron chi connectivity index (χ2n) is 8.80. The smallest absolute Gasteiger partial charge is 0.271 e. The second kappa shape index (κ2) is 9.28. The van der Waals surface area contributed by atoms with Gasteiger partial charge in [-0.15, -0.1) is 11.3 Å². The Hall–Kier alpha value is -0.903. The Morgan fingerprint density at radius 1 is 1.43 bits per heavy atom. The Balaban J connectivity index is 1.87. The van der Waals surface area contributed by atoms with Crippen LogP contribution in [-0.2, 0) is 9.22 Å². The average Bonchev–Trinajstić information content (AvgIpc) is 3.02. The SMILES string of the molecule is CCC(CO[Si](C)(C)C(C)(C)C)NC(=O)c1csc(N2CC(SC(C)=O)C2)n1. The van der Waals surface area contributed by atoms with Gasteiger partial charge in [-0.1, -0.05) is 39.5 Å². The van der Waals surface area contributed by atoms with Crippen molar-refractivity contribution in [3.63, 3.8) is 0 Å². The molecular formula is C19H33N3O3S2Si. The van der Waals surface area contributed by atoms with E-state index in [1.807, 2.05) is 0 Å². The zero-order valence-electron chi connectivity index (χ0n) is 18.0. The normalized spacial score (nSPS) is 16.6. The number of rotatable bonds is 8. The van der Waals surface area contributed by atoms with Gasteiger partial charge in [0.15, 0.2) is 18.6 Å². The molecule has 0 bridgehead atoms. The molecule has 158 valence electrons. The lowest BCUT2D eigenvalue weighted by molar-refractivity contribution is -0.109. The third kappa shape index (κ3) is 6.05. The summed E-state index contributed by atoms with van der Waals surface area (Å²) in [6.45, 7) is 16.9. The fourth-order valence-electron chi connectivity index (χ4n) is 2.46. The maximum atomic E-state index is 12.6. The van der Waals surface area contributed by atoms with Crippen molar-refractivity contribution in [2.24, 2.45) is 0 Å². The molecule has 1 saturated heterocycles. The highest BCUT2D eigenvalue weighted by atomic mass is 32.2. The zero-order chi connectivity index (χ0) is 21.1. The maximum absolute atomic E-state index is 12.6. The van der Waals surface area contributed by atoms with E-state index in [0.29, 0.717) is 17.6 Å². The molecule has 0 aliphatic carbocycles. The number of carbonyl (C=O) groups excluding carboxylic acids is 2. The van der Waals surface area contributed by atoms with Gasteiger partial charge < -0.3 is 14.6 Å². The number of nitrogens with zero attached hydrogens (tertiary/aromatic N) is 2. The van der Waals surface area contributed by atoms with Gasteiger partial charge >= 0.3 is 0 Å². The molecule has 6 nitrogen and oxygen atoms in total. The number of hydrogen-bond donors (Lipinski definition) is 1. The summed E-state index contributed by atoms with van der Waals surface area (Å²) in [7, 11) is -1.84. The first-order valence-corrected chi connectivity index (χ1v) is 14.4. The summed E-state index contributed by atoms with van der Waals surface area (Å²) < 4.78 is 6.27. The molecule has 1 amide bonds. The number of hydrogen-bond acceptors (Lipinski definition) is 7. The molecule has 0 saturated carbocycles. The second-order valence-corrected chi connectivity index (χ2v) is 15.9. The van der Waals surface area contributed by atoms with Crippen LogP contribution in [0.3, 0.4) is 0 Å². The van der Waals surface area contributed by atoms with Crippen molar-refractivity contribution in [2.45, 2.75) is 70.5 Å². The predicted octanol–water partition coefficient (Wildman–Crippen LogP) is 4.14. The van der Waals surface area contributed by atoms with E-state index in [2.05, 4.69) is 56.0 Å². The minimum absolute atomic E-state index is 0.0212. The molecule has 9 heteroatoms. The molecule has 1 fully saturated rings. The Morgan fingerprint density at radius 2 is 2.07 bits per heavy atom. The molecule has 2 rings (SSSR count). The van der Waals surface area contributed by atoms with Gasteiger partial charge in [-0.3, -0.25) is 9.59 Å². The van der Waals surface area contributed by atoms with E-state index < -0.39 is 8.32 Å². The zero-order valence-corrected chi connectivity index (χ0v) is 20.6. The van der Waals surface area contributed by atoms with E-state index in [-0.39, 0.29) is 22.1 Å². The van der Waals surface area contributed by atoms with Crippen LogP contribution in [0.25, 0.3) is 0 Å². The predicted molar refractivity (Wildman–Crippen MR) is 121 cm³/mol. The summed E-state index contributed by atoms with van der Waals surface area (Å²) in [6.07, 6.45) is 0.813. The molecule has 1 unspecified atom stereocenters. The van der Waals surface area contributed by atoms with Gasteiger partial charge in [0, 0.05) is 30.6 Å². The molecule has 1 aromatic rings. The lowest BCUT2D eigenvalue weighted by atomic mass is 10.2. The van der Waals surface area contributed by atoms with Crippen molar-refractivity contribution in [1.29, 1.82) is 0 Å². The maximum Gasteiger partial charge on any atom is 0.271 e. The topological polar surface area (TPSA) is 71.5 Å². The van der Waals surface area contributed by atoms with Crippen molar-refractivity contribution in [3.8, 4) is 0 Å². The largest absolute Gasteiger partial charge is 0.415 e. The van der Waals surface area contributed by atoms with Crippen LogP contribution in [0.4, 0.5) is 5.13 Å². The molecule has 1 atom stereocenters. The van der Waals surface area contributed by atoms with Gasteiger partial charge in [-0.25, -0.2) is 4.98 Å². The Morgan fingerprint density at radius 3 is 2.61 bits per heavy atom. The molecule has 1 N–H and O–H groups in total. The van der Waals surface area contributed by atoms with E-state index in [0.717, 1.165) is 24.6 Å². The molecular weight excluding hydrogens is 410 g/mol. The lowest BCUT2D eigenvalue weighted by Crippen LogP contribution is -2.49. The molecule has 0 spiro atoms. The Kier molecular flexibility index (Phi) is 7.74. The highest BCUT2D eigenvalue weighted by Crippen LogP contribution is 2.36. The first-order valence-electron chi connectivity index (χ1n) is 9.75. The highest BCUT2D eigenvalue weighted by molar-refractivity contribution is 8.14. The summed E-state index contributed by atoms with van der Waals surface area (Å²) >= 11 is 2.85. The van der Waals surface area contributed by atoms with Gasteiger partial charge in [0.2, 0.25) is 0 Å². The van der Waals surface area contributed by atoms with E-state index >= 15 is 0 Å². The van der Waals surface area contributed by atoms with Crippen LogP contribution in [0.15, 0.2) is 5.38 Å². The van der Waals surface area contributed by atoms with Gasteiger partial charge in [0.1, 0.15) is 5.69 Å². The summed E-state index contributed by atoms with van der Waals surface area (Å²) in [5.41, 5.74) is 0.452. The fraction of sp³-hybridized carbons (Fsp3) is 0.737. The Bertz CT molecular complexity index is 697. The van der Waals surface area contributed by atoms with Crippen LogP contribution in [0.2, 0.25) is 18.1 Å². The highest BCUT2D eigenvalue weighted by Gasteiger charge is 2.37. The van der Waals surface area contributed by atoms with Crippen LogP contribution in [0.5, 0.6) is 0 Å². The number of nitrogens with one attached hydrogen (secondary N) is 1. The van der Waals surface area contributed by atoms with Crippen LogP contribution in [0, 0.1) is 0 Å². The fourth-order valence-corrected chi connectivity index (χ4v) is 5.32. The number of thioether (sulfide) groups is 1. The third-order valence-electron chi connectivity index (χ3n) is 5.46. The van der Waals surface area contributed by atoms with Crippen molar-refractivity contribution in [3.05, 3.63) is 11.1 Å². The number of thiazole rings is 1. The molecule has 0 aromatic carbocycles. The van der Waals surface area contributed by atoms with Crippen LogP contribution < -0.4 is 10.2 Å².